The molecule has 0 radical (unpaired) electrons. The Kier molecular flexibility index (Phi) is 3.94. The normalized spacial score (nSPS) is 10.1. The molecule has 18 heavy (non-hydrogen) atoms. The summed E-state index contributed by atoms with van der Waals surface area (Å²) in [4.78, 5) is 15.7. The molecule has 0 fully saturated rings. The van der Waals surface area contributed by atoms with E-state index in [0.717, 1.165) is 5.69 Å². The molecular weight excluding hydrogens is 248 g/mol. The van der Waals surface area contributed by atoms with E-state index in [0.29, 0.717) is 17.3 Å². The molecule has 0 aliphatic heterocycles. The molecule has 0 spiro atoms. The predicted molar refractivity (Wildman–Crippen MR) is 72.5 cm³/mol. The molecule has 0 saturated carbocycles. The van der Waals surface area contributed by atoms with Gasteiger partial charge in [-0.1, -0.05) is 17.7 Å². The van der Waals surface area contributed by atoms with Gasteiger partial charge >= 0.3 is 5.97 Å². The van der Waals surface area contributed by atoms with Crippen molar-refractivity contribution in [2.45, 2.75) is 13.8 Å². The van der Waals surface area contributed by atoms with E-state index >= 15 is 0 Å². The van der Waals surface area contributed by atoms with Crippen LogP contribution in [0.25, 0.3) is 0 Å². The molecule has 0 amide bonds. The minimum Gasteiger partial charge on any atom is -0.461 e. The van der Waals surface area contributed by atoms with E-state index in [9.17, 15) is 4.79 Å². The smallest absolute Gasteiger partial charge is 0.360 e. The van der Waals surface area contributed by atoms with Gasteiger partial charge in [-0.05, 0) is 26.0 Å². The Balaban J connectivity index is 2.17. The molecule has 4 nitrogen and oxygen atoms in total. The van der Waals surface area contributed by atoms with Crippen LogP contribution in [0.15, 0.2) is 29.8 Å². The molecule has 0 unspecified atom stereocenters. The Morgan fingerprint density at radius 1 is 1.39 bits per heavy atom. The molecule has 1 aromatic heterocycles. The van der Waals surface area contributed by atoms with Crippen LogP contribution < -0.4 is 5.32 Å². The number of esters is 1. The number of nitrogens with zero attached hydrogens (tertiary/aromatic N) is 1. The van der Waals surface area contributed by atoms with Crippen LogP contribution in [0.5, 0.6) is 0 Å². The number of carbonyl (C=O) groups is 1. The van der Waals surface area contributed by atoms with E-state index in [4.69, 9.17) is 4.74 Å². The number of ether oxygens (including phenoxy) is 1. The van der Waals surface area contributed by atoms with E-state index < -0.39 is 5.97 Å². The van der Waals surface area contributed by atoms with Crippen molar-refractivity contribution in [1.29, 1.82) is 0 Å². The summed E-state index contributed by atoms with van der Waals surface area (Å²) >= 11 is 1.38. The lowest BCUT2D eigenvalue weighted by molar-refractivity contribution is 0.0521. The number of nitrogens with one attached hydrogen (secondary N) is 1. The molecule has 5 heteroatoms. The summed E-state index contributed by atoms with van der Waals surface area (Å²) in [6.45, 7) is 4.15. The van der Waals surface area contributed by atoms with Crippen molar-refractivity contribution < 1.29 is 9.53 Å². The average Bonchev–Trinajstić information content (AvgIpc) is 2.81. The number of anilines is 2. The summed E-state index contributed by atoms with van der Waals surface area (Å²) < 4.78 is 4.95. The third-order valence-corrected chi connectivity index (χ3v) is 3.09. The summed E-state index contributed by atoms with van der Waals surface area (Å²) in [7, 11) is 0. The highest BCUT2D eigenvalue weighted by Crippen LogP contribution is 2.25. The number of hydrogen-bond acceptors (Lipinski definition) is 5. The lowest BCUT2D eigenvalue weighted by atomic mass is 10.2. The Morgan fingerprint density at radius 2 is 2.11 bits per heavy atom. The molecule has 0 aliphatic carbocycles. The summed E-state index contributed by atoms with van der Waals surface area (Å²) in [5.74, 6) is -0.395. The first-order chi connectivity index (χ1) is 8.70. The molecule has 2 rings (SSSR count). The second-order valence-electron chi connectivity index (χ2n) is 3.74. The zero-order valence-corrected chi connectivity index (χ0v) is 11.1. The monoisotopic (exact) mass is 262 g/mol. The summed E-state index contributed by atoms with van der Waals surface area (Å²) in [6.07, 6.45) is 0. The molecule has 1 aromatic carbocycles. The molecular formula is C13H14N2O2S. The molecule has 0 saturated heterocycles. The Bertz CT molecular complexity index is 534. The fourth-order valence-electron chi connectivity index (χ4n) is 1.45. The maximum absolute atomic E-state index is 11.7. The van der Waals surface area contributed by atoms with E-state index in [-0.39, 0.29) is 0 Å². The predicted octanol–water partition coefficient (Wildman–Crippen LogP) is 3.37. The van der Waals surface area contributed by atoms with Crippen molar-refractivity contribution in [2.75, 3.05) is 11.9 Å². The van der Waals surface area contributed by atoms with Crippen molar-refractivity contribution in [2.24, 2.45) is 0 Å². The second-order valence-corrected chi connectivity index (χ2v) is 4.60. The second kappa shape index (κ2) is 5.64. The number of benzene rings is 1. The Hall–Kier alpha value is -1.88. The third-order valence-electron chi connectivity index (χ3n) is 2.35. The van der Waals surface area contributed by atoms with Gasteiger partial charge in [0.2, 0.25) is 0 Å². The van der Waals surface area contributed by atoms with Gasteiger partial charge in [-0.2, -0.15) is 0 Å². The molecule has 0 aliphatic rings. The fraction of sp³-hybridized carbons (Fsp3) is 0.231. The van der Waals surface area contributed by atoms with E-state index in [2.05, 4.69) is 10.3 Å². The number of aryl methyl sites for hydroxylation is 1. The lowest BCUT2D eigenvalue weighted by Gasteiger charge is -2.06. The van der Waals surface area contributed by atoms with Gasteiger partial charge in [0, 0.05) is 5.69 Å². The molecule has 2 aromatic rings. The van der Waals surface area contributed by atoms with Crippen LogP contribution >= 0.6 is 11.3 Å². The zero-order valence-electron chi connectivity index (χ0n) is 10.3. The zero-order chi connectivity index (χ0) is 13.0. The molecule has 94 valence electrons. The van der Waals surface area contributed by atoms with Gasteiger partial charge < -0.3 is 10.1 Å². The van der Waals surface area contributed by atoms with Crippen LogP contribution in [0, 0.1) is 6.92 Å². The number of aromatic nitrogens is 1. The first kappa shape index (κ1) is 12.6. The largest absolute Gasteiger partial charge is 0.461 e. The van der Waals surface area contributed by atoms with E-state index in [1.54, 1.807) is 12.4 Å². The first-order valence-corrected chi connectivity index (χ1v) is 6.53. The summed E-state index contributed by atoms with van der Waals surface area (Å²) in [5, 5.41) is 3.88. The maximum Gasteiger partial charge on any atom is 0.360 e. The maximum atomic E-state index is 11.7. The molecule has 0 atom stereocenters. The van der Waals surface area contributed by atoms with Crippen molar-refractivity contribution in [3.8, 4) is 0 Å². The van der Waals surface area contributed by atoms with Crippen LogP contribution in [0.4, 0.5) is 10.7 Å². The van der Waals surface area contributed by atoms with Crippen LogP contribution in [0.3, 0.4) is 0 Å². The van der Waals surface area contributed by atoms with Gasteiger partial charge in [0.05, 0.1) is 12.1 Å². The van der Waals surface area contributed by atoms with Gasteiger partial charge in [-0.3, -0.25) is 0 Å². The van der Waals surface area contributed by atoms with Crippen LogP contribution in [-0.2, 0) is 4.74 Å². The first-order valence-electron chi connectivity index (χ1n) is 5.65. The highest BCUT2D eigenvalue weighted by molar-refractivity contribution is 7.14. The Labute approximate surface area is 110 Å². The van der Waals surface area contributed by atoms with Gasteiger partial charge in [0.15, 0.2) is 5.69 Å². The SMILES string of the molecule is CCOC(=O)c1ncsc1Nc1ccc(C)cc1. The topological polar surface area (TPSA) is 51.2 Å². The van der Waals surface area contributed by atoms with E-state index in [1.165, 1.54) is 16.9 Å². The minimum atomic E-state index is -0.395. The van der Waals surface area contributed by atoms with Crippen molar-refractivity contribution in [3.05, 3.63) is 41.0 Å². The van der Waals surface area contributed by atoms with Crippen molar-refractivity contribution in [1.82, 2.24) is 4.98 Å². The van der Waals surface area contributed by atoms with Gasteiger partial charge in [-0.15, -0.1) is 11.3 Å². The average molecular weight is 262 g/mol. The van der Waals surface area contributed by atoms with E-state index in [1.807, 2.05) is 31.2 Å². The summed E-state index contributed by atoms with van der Waals surface area (Å²) in [6, 6.07) is 7.94. The van der Waals surface area contributed by atoms with Gasteiger partial charge in [0.25, 0.3) is 0 Å². The number of rotatable bonds is 4. The van der Waals surface area contributed by atoms with Crippen LogP contribution in [0.1, 0.15) is 23.0 Å². The number of thiazole rings is 1. The minimum absolute atomic E-state index is 0.336. The quantitative estimate of drug-likeness (QED) is 0.858. The number of carbonyl (C=O) groups excluding carboxylic acids is 1. The fourth-order valence-corrected chi connectivity index (χ4v) is 2.14. The number of hydrogen-bond donors (Lipinski definition) is 1. The van der Waals surface area contributed by atoms with Gasteiger partial charge in [-0.25, -0.2) is 9.78 Å². The van der Waals surface area contributed by atoms with Crippen LogP contribution in [0.2, 0.25) is 0 Å². The lowest BCUT2D eigenvalue weighted by Crippen LogP contribution is -2.07. The summed E-state index contributed by atoms with van der Waals surface area (Å²) in [5.41, 5.74) is 4.08. The highest BCUT2D eigenvalue weighted by Gasteiger charge is 2.15. The Morgan fingerprint density at radius 3 is 2.78 bits per heavy atom. The van der Waals surface area contributed by atoms with Crippen molar-refractivity contribution in [3.63, 3.8) is 0 Å². The molecule has 0 bridgehead atoms. The van der Waals surface area contributed by atoms with Gasteiger partial charge in [0.1, 0.15) is 5.00 Å². The standard InChI is InChI=1S/C13H14N2O2S/c1-3-17-13(16)11-12(18-8-14-11)15-10-6-4-9(2)5-7-10/h4-8,15H,3H2,1-2H3. The van der Waals surface area contributed by atoms with Crippen molar-refractivity contribution >= 4 is 28.0 Å². The third kappa shape index (κ3) is 2.87. The highest BCUT2D eigenvalue weighted by atomic mass is 32.1. The molecule has 1 heterocycles. The van der Waals surface area contributed by atoms with Crippen LogP contribution in [-0.4, -0.2) is 17.6 Å². The molecule has 1 N–H and O–H groups in total.